The van der Waals surface area contributed by atoms with Gasteiger partial charge in [-0.05, 0) is 29.4 Å². The van der Waals surface area contributed by atoms with Gasteiger partial charge in [-0.1, -0.05) is 0 Å². The lowest BCUT2D eigenvalue weighted by Gasteiger charge is -2.23. The van der Waals surface area contributed by atoms with Crippen LogP contribution >= 0.6 is 0 Å². The summed E-state index contributed by atoms with van der Waals surface area (Å²) in [7, 11) is -8.43. The van der Waals surface area contributed by atoms with E-state index in [4.69, 9.17) is 9.11 Å². The molecule has 21 heavy (non-hydrogen) atoms. The minimum absolute atomic E-state index is 0.156. The van der Waals surface area contributed by atoms with Crippen LogP contribution in [-0.4, -0.2) is 50.5 Å². The van der Waals surface area contributed by atoms with E-state index in [1.807, 2.05) is 0 Å². The Morgan fingerprint density at radius 3 is 1.67 bits per heavy atom. The van der Waals surface area contributed by atoms with Crippen molar-refractivity contribution in [3.8, 4) is 0 Å². The Balaban J connectivity index is 2.90. The second-order valence-corrected chi connectivity index (χ2v) is 7.31. The van der Waals surface area contributed by atoms with Crippen molar-refractivity contribution >= 4 is 31.6 Å². The molecule has 0 unspecified atom stereocenters. The third-order valence-electron chi connectivity index (χ3n) is 2.56. The highest BCUT2D eigenvalue weighted by Crippen LogP contribution is 2.19. The van der Waals surface area contributed by atoms with Crippen molar-refractivity contribution in [1.82, 2.24) is 0 Å². The number of hydrogen-bond acceptors (Lipinski definition) is 7. The van der Waals surface area contributed by atoms with Crippen molar-refractivity contribution in [3.63, 3.8) is 0 Å². The fraction of sp³-hybridized carbons (Fsp3) is 0.400. The summed E-state index contributed by atoms with van der Waals surface area (Å²) in [6.07, 6.45) is 0. The Bertz CT molecular complexity index is 647. The molecule has 0 fully saturated rings. The number of hydrogen-bond donors (Lipinski definition) is 2. The third kappa shape index (κ3) is 7.13. The van der Waals surface area contributed by atoms with Crippen LogP contribution in [0.5, 0.6) is 0 Å². The highest BCUT2D eigenvalue weighted by Gasteiger charge is 2.15. The predicted molar refractivity (Wildman–Crippen MR) is 76.9 cm³/mol. The van der Waals surface area contributed by atoms with Crippen LogP contribution in [0.4, 0.5) is 11.4 Å². The molecule has 0 saturated carbocycles. The average Bonchev–Trinajstić information content (AvgIpc) is 2.36. The molecular formula is C10H14N2O7S2. The molecule has 0 amide bonds. The highest BCUT2D eigenvalue weighted by atomic mass is 32.2. The van der Waals surface area contributed by atoms with E-state index in [-0.39, 0.29) is 18.8 Å². The summed E-state index contributed by atoms with van der Waals surface area (Å²) in [4.78, 5) is 11.7. The zero-order chi connectivity index (χ0) is 16.1. The van der Waals surface area contributed by atoms with E-state index in [9.17, 15) is 21.7 Å². The van der Waals surface area contributed by atoms with Gasteiger partial charge in [0, 0.05) is 18.8 Å². The summed E-state index contributed by atoms with van der Waals surface area (Å²) in [5, 5.41) is 2.70. The van der Waals surface area contributed by atoms with Crippen molar-refractivity contribution in [2.45, 2.75) is 0 Å². The molecule has 0 aliphatic carbocycles. The molecule has 1 aromatic rings. The second kappa shape index (κ2) is 6.93. The number of nitroso groups, excluding NO2 is 1. The Hall–Kier alpha value is -1.56. The zero-order valence-electron chi connectivity index (χ0n) is 10.8. The van der Waals surface area contributed by atoms with Crippen LogP contribution in [0.3, 0.4) is 0 Å². The molecule has 0 radical (unpaired) electrons. The maximum absolute atomic E-state index is 10.8. The minimum atomic E-state index is -4.22. The number of benzene rings is 1. The molecule has 1 aromatic carbocycles. The van der Waals surface area contributed by atoms with Gasteiger partial charge in [0.1, 0.15) is 5.69 Å². The Morgan fingerprint density at radius 2 is 1.33 bits per heavy atom. The highest BCUT2D eigenvalue weighted by molar-refractivity contribution is 7.86. The summed E-state index contributed by atoms with van der Waals surface area (Å²) in [5.41, 5.74) is 0.581. The van der Waals surface area contributed by atoms with Crippen LogP contribution in [0.25, 0.3) is 0 Å². The van der Waals surface area contributed by atoms with E-state index in [0.717, 1.165) is 0 Å². The molecule has 11 heteroatoms. The first-order valence-corrected chi connectivity index (χ1v) is 8.91. The van der Waals surface area contributed by atoms with E-state index >= 15 is 0 Å². The molecule has 0 saturated heterocycles. The fourth-order valence-corrected chi connectivity index (χ4v) is 2.45. The molecule has 0 aliphatic heterocycles. The lowest BCUT2D eigenvalue weighted by Crippen LogP contribution is -2.33. The summed E-state index contributed by atoms with van der Waals surface area (Å²) in [5.74, 6) is -1.21. The number of rotatable bonds is 8. The SMILES string of the molecule is O=Nc1ccc(N(CCS(=O)(=O)O)CCS(=O)(=O)O)cc1. The lowest BCUT2D eigenvalue weighted by atomic mass is 10.2. The Morgan fingerprint density at radius 1 is 0.905 bits per heavy atom. The van der Waals surface area contributed by atoms with Gasteiger partial charge in [0.05, 0.1) is 11.5 Å². The fourth-order valence-electron chi connectivity index (χ4n) is 1.55. The summed E-state index contributed by atoms with van der Waals surface area (Å²) in [6.45, 7) is -0.357. The van der Waals surface area contributed by atoms with Crippen LogP contribution in [0.1, 0.15) is 0 Å². The molecule has 0 aromatic heterocycles. The van der Waals surface area contributed by atoms with Crippen molar-refractivity contribution in [2.75, 3.05) is 29.5 Å². The maximum atomic E-state index is 10.8. The zero-order valence-corrected chi connectivity index (χ0v) is 12.4. The average molecular weight is 338 g/mol. The smallest absolute Gasteiger partial charge is 0.266 e. The quantitative estimate of drug-likeness (QED) is 0.520. The van der Waals surface area contributed by atoms with Crippen LogP contribution in [0.2, 0.25) is 0 Å². The minimum Gasteiger partial charge on any atom is -0.369 e. The summed E-state index contributed by atoms with van der Waals surface area (Å²) in [6, 6.07) is 5.64. The predicted octanol–water partition coefficient (Wildman–Crippen LogP) is 0.666. The molecule has 2 N–H and O–H groups in total. The standard InChI is InChI=1S/C10H14N2O7S2/c13-11-9-1-3-10(4-2-9)12(5-7-20(14,15)16)6-8-21(17,18)19/h1-4H,5-8H2,(H,14,15,16)(H,17,18,19). The Kier molecular flexibility index (Phi) is 5.78. The first kappa shape index (κ1) is 17.5. The Labute approximate surface area is 122 Å². The van der Waals surface area contributed by atoms with E-state index in [1.54, 1.807) is 0 Å². The normalized spacial score (nSPS) is 12.1. The van der Waals surface area contributed by atoms with Crippen molar-refractivity contribution < 1.29 is 25.9 Å². The molecule has 0 bridgehead atoms. The third-order valence-corrected chi connectivity index (χ3v) is 3.96. The lowest BCUT2D eigenvalue weighted by molar-refractivity contribution is 0.482. The second-order valence-electron chi connectivity index (χ2n) is 4.17. The monoisotopic (exact) mass is 338 g/mol. The molecule has 0 spiro atoms. The number of anilines is 1. The van der Waals surface area contributed by atoms with Gasteiger partial charge in [-0.3, -0.25) is 9.11 Å². The molecule has 0 atom stereocenters. The van der Waals surface area contributed by atoms with Crippen LogP contribution < -0.4 is 4.90 Å². The van der Waals surface area contributed by atoms with Gasteiger partial charge in [0.25, 0.3) is 20.2 Å². The number of nitrogens with zero attached hydrogens (tertiary/aromatic N) is 2. The van der Waals surface area contributed by atoms with Gasteiger partial charge in [-0.2, -0.15) is 16.8 Å². The van der Waals surface area contributed by atoms with Gasteiger partial charge in [0.2, 0.25) is 0 Å². The van der Waals surface area contributed by atoms with E-state index in [0.29, 0.717) is 5.69 Å². The van der Waals surface area contributed by atoms with Crippen LogP contribution in [0, 0.1) is 4.91 Å². The van der Waals surface area contributed by atoms with Gasteiger partial charge < -0.3 is 4.90 Å². The molecule has 0 heterocycles. The van der Waals surface area contributed by atoms with Gasteiger partial charge >= 0.3 is 0 Å². The van der Waals surface area contributed by atoms with Crippen molar-refractivity contribution in [1.29, 1.82) is 0 Å². The van der Waals surface area contributed by atoms with Gasteiger partial charge in [-0.25, -0.2) is 0 Å². The topological polar surface area (TPSA) is 141 Å². The van der Waals surface area contributed by atoms with Crippen molar-refractivity contribution in [3.05, 3.63) is 29.2 Å². The van der Waals surface area contributed by atoms with Gasteiger partial charge in [-0.15, -0.1) is 4.91 Å². The molecule has 118 valence electrons. The first-order valence-electron chi connectivity index (χ1n) is 5.69. The molecular weight excluding hydrogens is 324 g/mol. The molecule has 9 nitrogen and oxygen atoms in total. The van der Waals surface area contributed by atoms with E-state index in [2.05, 4.69) is 5.18 Å². The summed E-state index contributed by atoms with van der Waals surface area (Å²) >= 11 is 0. The maximum Gasteiger partial charge on any atom is 0.266 e. The largest absolute Gasteiger partial charge is 0.369 e. The first-order chi connectivity index (χ1) is 9.61. The van der Waals surface area contributed by atoms with E-state index < -0.39 is 31.7 Å². The van der Waals surface area contributed by atoms with Crippen LogP contribution in [0.15, 0.2) is 29.4 Å². The van der Waals surface area contributed by atoms with E-state index in [1.165, 1.54) is 29.2 Å². The van der Waals surface area contributed by atoms with Crippen LogP contribution in [-0.2, 0) is 20.2 Å². The van der Waals surface area contributed by atoms with Gasteiger partial charge in [0.15, 0.2) is 0 Å². The summed E-state index contributed by atoms with van der Waals surface area (Å²) < 4.78 is 60.6. The molecule has 0 aliphatic rings. The van der Waals surface area contributed by atoms with Crippen molar-refractivity contribution in [2.24, 2.45) is 5.18 Å². The molecule has 1 rings (SSSR count).